The van der Waals surface area contributed by atoms with Gasteiger partial charge in [-0.1, -0.05) is 12.1 Å². The Kier molecular flexibility index (Phi) is 4.65. The molecule has 15 heavy (non-hydrogen) atoms. The molecule has 1 aromatic rings. The van der Waals surface area contributed by atoms with E-state index in [2.05, 4.69) is 5.32 Å². The molecule has 0 spiro atoms. The zero-order chi connectivity index (χ0) is 11.3. The standard InChI is InChI=1S/C11H16N2OS/c1-8(12)7-13-11(14)9-5-3-4-6-10(9)15-2/h3-6,8H,7,12H2,1-2H3,(H,13,14). The maximum atomic E-state index is 11.7. The van der Waals surface area contributed by atoms with Crippen LogP contribution in [0.1, 0.15) is 17.3 Å². The molecule has 0 radical (unpaired) electrons. The van der Waals surface area contributed by atoms with E-state index in [4.69, 9.17) is 5.73 Å². The first-order valence-corrected chi connectivity index (χ1v) is 6.04. The van der Waals surface area contributed by atoms with Crippen LogP contribution in [0.15, 0.2) is 29.2 Å². The molecule has 0 fully saturated rings. The molecular formula is C11H16N2OS. The van der Waals surface area contributed by atoms with Gasteiger partial charge in [-0.3, -0.25) is 4.79 Å². The van der Waals surface area contributed by atoms with Crippen LogP contribution >= 0.6 is 11.8 Å². The lowest BCUT2D eigenvalue weighted by Crippen LogP contribution is -2.35. The number of hydrogen-bond acceptors (Lipinski definition) is 3. The van der Waals surface area contributed by atoms with Gasteiger partial charge in [0, 0.05) is 17.5 Å². The zero-order valence-electron chi connectivity index (χ0n) is 8.99. The van der Waals surface area contributed by atoms with E-state index in [1.165, 1.54) is 0 Å². The minimum atomic E-state index is -0.0581. The van der Waals surface area contributed by atoms with Crippen molar-refractivity contribution in [2.75, 3.05) is 12.8 Å². The Hall–Kier alpha value is -1.00. The van der Waals surface area contributed by atoms with Crippen LogP contribution in [0, 0.1) is 0 Å². The number of carbonyl (C=O) groups is 1. The van der Waals surface area contributed by atoms with E-state index in [9.17, 15) is 4.79 Å². The van der Waals surface area contributed by atoms with Crippen LogP contribution in [0.25, 0.3) is 0 Å². The molecule has 1 aromatic carbocycles. The fourth-order valence-corrected chi connectivity index (χ4v) is 1.78. The average molecular weight is 224 g/mol. The van der Waals surface area contributed by atoms with Gasteiger partial charge in [-0.25, -0.2) is 0 Å². The molecule has 82 valence electrons. The second-order valence-corrected chi connectivity index (χ2v) is 4.24. The molecule has 0 bridgehead atoms. The molecule has 1 rings (SSSR count). The van der Waals surface area contributed by atoms with Crippen LogP contribution in [0.5, 0.6) is 0 Å². The molecule has 1 amide bonds. The molecule has 1 unspecified atom stereocenters. The first kappa shape index (κ1) is 12.1. The Morgan fingerprint density at radius 2 is 2.20 bits per heavy atom. The SMILES string of the molecule is CSc1ccccc1C(=O)NCC(C)N. The molecule has 0 aliphatic rings. The minimum absolute atomic E-state index is 0.0182. The maximum Gasteiger partial charge on any atom is 0.252 e. The Balaban J connectivity index is 2.72. The van der Waals surface area contributed by atoms with Crippen molar-refractivity contribution in [2.45, 2.75) is 17.9 Å². The van der Waals surface area contributed by atoms with Gasteiger partial charge in [-0.05, 0) is 25.3 Å². The summed E-state index contributed by atoms with van der Waals surface area (Å²) < 4.78 is 0. The van der Waals surface area contributed by atoms with E-state index < -0.39 is 0 Å². The van der Waals surface area contributed by atoms with Crippen molar-refractivity contribution < 1.29 is 4.79 Å². The third kappa shape index (κ3) is 3.57. The third-order valence-electron chi connectivity index (χ3n) is 1.94. The van der Waals surface area contributed by atoms with Crippen molar-refractivity contribution in [1.82, 2.24) is 5.32 Å². The van der Waals surface area contributed by atoms with Crippen LogP contribution in [0.4, 0.5) is 0 Å². The monoisotopic (exact) mass is 224 g/mol. The molecular weight excluding hydrogens is 208 g/mol. The normalized spacial score (nSPS) is 12.2. The van der Waals surface area contributed by atoms with Gasteiger partial charge in [0.25, 0.3) is 5.91 Å². The molecule has 0 saturated heterocycles. The fraction of sp³-hybridized carbons (Fsp3) is 0.364. The number of nitrogens with two attached hydrogens (primary N) is 1. The summed E-state index contributed by atoms with van der Waals surface area (Å²) >= 11 is 1.57. The Bertz CT molecular complexity index is 339. The summed E-state index contributed by atoms with van der Waals surface area (Å²) in [6.45, 7) is 2.36. The predicted octanol–water partition coefficient (Wildman–Crippen LogP) is 1.49. The maximum absolute atomic E-state index is 11.7. The molecule has 0 saturated carbocycles. The van der Waals surface area contributed by atoms with Gasteiger partial charge in [0.05, 0.1) is 5.56 Å². The molecule has 4 heteroatoms. The Morgan fingerprint density at radius 3 is 2.80 bits per heavy atom. The number of benzene rings is 1. The first-order chi connectivity index (χ1) is 7.15. The average Bonchev–Trinajstić information content (AvgIpc) is 2.25. The lowest BCUT2D eigenvalue weighted by atomic mass is 10.2. The van der Waals surface area contributed by atoms with Gasteiger partial charge in [0.1, 0.15) is 0 Å². The van der Waals surface area contributed by atoms with E-state index in [1.54, 1.807) is 11.8 Å². The zero-order valence-corrected chi connectivity index (χ0v) is 9.80. The topological polar surface area (TPSA) is 55.1 Å². The summed E-state index contributed by atoms with van der Waals surface area (Å²) in [6, 6.07) is 7.53. The highest BCUT2D eigenvalue weighted by molar-refractivity contribution is 7.98. The summed E-state index contributed by atoms with van der Waals surface area (Å²) in [7, 11) is 0. The number of amides is 1. The highest BCUT2D eigenvalue weighted by Gasteiger charge is 2.09. The molecule has 3 nitrogen and oxygen atoms in total. The summed E-state index contributed by atoms with van der Waals surface area (Å²) in [5, 5.41) is 2.80. The smallest absolute Gasteiger partial charge is 0.252 e. The van der Waals surface area contributed by atoms with Crippen molar-refractivity contribution in [1.29, 1.82) is 0 Å². The van der Waals surface area contributed by atoms with Crippen LogP contribution in [-0.4, -0.2) is 24.7 Å². The quantitative estimate of drug-likeness (QED) is 0.762. The Labute approximate surface area is 94.4 Å². The van der Waals surface area contributed by atoms with E-state index in [0.717, 1.165) is 4.90 Å². The molecule has 3 N–H and O–H groups in total. The Morgan fingerprint density at radius 1 is 1.53 bits per heavy atom. The van der Waals surface area contributed by atoms with Crippen LogP contribution in [0.3, 0.4) is 0 Å². The highest BCUT2D eigenvalue weighted by atomic mass is 32.2. The largest absolute Gasteiger partial charge is 0.350 e. The number of thioether (sulfide) groups is 1. The minimum Gasteiger partial charge on any atom is -0.350 e. The van der Waals surface area contributed by atoms with Gasteiger partial charge >= 0.3 is 0 Å². The summed E-state index contributed by atoms with van der Waals surface area (Å²) in [4.78, 5) is 12.7. The predicted molar refractivity (Wildman–Crippen MR) is 64.2 cm³/mol. The van der Waals surface area contributed by atoms with E-state index in [0.29, 0.717) is 12.1 Å². The first-order valence-electron chi connectivity index (χ1n) is 4.82. The van der Waals surface area contributed by atoms with Crippen molar-refractivity contribution in [3.63, 3.8) is 0 Å². The van der Waals surface area contributed by atoms with Crippen molar-refractivity contribution in [2.24, 2.45) is 5.73 Å². The van der Waals surface area contributed by atoms with Crippen molar-refractivity contribution in [3.05, 3.63) is 29.8 Å². The molecule has 0 heterocycles. The number of nitrogens with one attached hydrogen (secondary N) is 1. The third-order valence-corrected chi connectivity index (χ3v) is 2.73. The summed E-state index contributed by atoms with van der Waals surface area (Å²) in [6.07, 6.45) is 1.96. The second kappa shape index (κ2) is 5.78. The van der Waals surface area contributed by atoms with Gasteiger partial charge in [0.15, 0.2) is 0 Å². The van der Waals surface area contributed by atoms with Crippen LogP contribution < -0.4 is 11.1 Å². The van der Waals surface area contributed by atoms with Gasteiger partial charge in [-0.15, -0.1) is 11.8 Å². The highest BCUT2D eigenvalue weighted by Crippen LogP contribution is 2.19. The molecule has 0 aliphatic heterocycles. The number of carbonyl (C=O) groups excluding carboxylic acids is 1. The van der Waals surface area contributed by atoms with E-state index in [-0.39, 0.29) is 11.9 Å². The van der Waals surface area contributed by atoms with Crippen LogP contribution in [-0.2, 0) is 0 Å². The fourth-order valence-electron chi connectivity index (χ4n) is 1.18. The van der Waals surface area contributed by atoms with E-state index >= 15 is 0 Å². The van der Waals surface area contributed by atoms with Crippen LogP contribution in [0.2, 0.25) is 0 Å². The molecule has 0 aliphatic carbocycles. The van der Waals surface area contributed by atoms with Gasteiger partial charge in [0.2, 0.25) is 0 Å². The lowest BCUT2D eigenvalue weighted by Gasteiger charge is -2.09. The molecule has 1 atom stereocenters. The summed E-state index contributed by atoms with van der Waals surface area (Å²) in [5.41, 5.74) is 6.28. The number of rotatable bonds is 4. The second-order valence-electron chi connectivity index (χ2n) is 3.39. The number of hydrogen-bond donors (Lipinski definition) is 2. The van der Waals surface area contributed by atoms with E-state index in [1.807, 2.05) is 37.4 Å². The lowest BCUT2D eigenvalue weighted by molar-refractivity contribution is 0.0949. The summed E-state index contributed by atoms with van der Waals surface area (Å²) in [5.74, 6) is -0.0581. The van der Waals surface area contributed by atoms with Crippen molar-refractivity contribution >= 4 is 17.7 Å². The molecule has 0 aromatic heterocycles. The van der Waals surface area contributed by atoms with Gasteiger partial charge < -0.3 is 11.1 Å². The van der Waals surface area contributed by atoms with Crippen molar-refractivity contribution in [3.8, 4) is 0 Å². The van der Waals surface area contributed by atoms with Gasteiger partial charge in [-0.2, -0.15) is 0 Å².